The highest BCUT2D eigenvalue weighted by Gasteiger charge is 2.15. The molecule has 0 amide bonds. The second kappa shape index (κ2) is 8.10. The van der Waals surface area contributed by atoms with Gasteiger partial charge in [-0.2, -0.15) is 0 Å². The van der Waals surface area contributed by atoms with Crippen LogP contribution in [0.1, 0.15) is 34.6 Å². The van der Waals surface area contributed by atoms with Crippen molar-refractivity contribution in [3.63, 3.8) is 0 Å². The molecule has 0 heterocycles. The van der Waals surface area contributed by atoms with E-state index in [1.165, 1.54) is 0 Å². The molecule has 16 heavy (non-hydrogen) atoms. The van der Waals surface area contributed by atoms with Gasteiger partial charge >= 0.3 is 0 Å². The van der Waals surface area contributed by atoms with Crippen LogP contribution in [0.5, 0.6) is 0 Å². The summed E-state index contributed by atoms with van der Waals surface area (Å²) in [6.45, 7) is 14.9. The average Bonchev–Trinajstić information content (AvgIpc) is 2.10. The first-order chi connectivity index (χ1) is 7.30. The maximum Gasteiger partial charge on any atom is 0.116 e. The Morgan fingerprint density at radius 1 is 1.25 bits per heavy atom. The quantitative estimate of drug-likeness (QED) is 0.628. The lowest BCUT2D eigenvalue weighted by molar-refractivity contribution is 0.187. The van der Waals surface area contributed by atoms with Crippen LogP contribution in [0.2, 0.25) is 0 Å². The fourth-order valence-electron chi connectivity index (χ4n) is 1.70. The van der Waals surface area contributed by atoms with E-state index in [0.29, 0.717) is 12.1 Å². The van der Waals surface area contributed by atoms with Crippen molar-refractivity contribution in [2.45, 2.75) is 46.7 Å². The summed E-state index contributed by atoms with van der Waals surface area (Å²) in [5, 5.41) is 0. The van der Waals surface area contributed by atoms with Crippen molar-refractivity contribution in [3.05, 3.63) is 0 Å². The maximum absolute atomic E-state index is 5.60. The third kappa shape index (κ3) is 7.29. The SMILES string of the molecule is CCOP(C)(=S)SCCN(C(C)C)C(C)C. The van der Waals surface area contributed by atoms with Crippen LogP contribution in [0, 0.1) is 0 Å². The zero-order valence-corrected chi connectivity index (χ0v) is 13.9. The predicted octanol–water partition coefficient (Wildman–Crippen LogP) is 3.81. The van der Waals surface area contributed by atoms with E-state index in [-0.39, 0.29) is 0 Å². The minimum atomic E-state index is -1.59. The zero-order chi connectivity index (χ0) is 12.8. The minimum Gasteiger partial charge on any atom is -0.342 e. The van der Waals surface area contributed by atoms with Gasteiger partial charge in [0, 0.05) is 31.0 Å². The smallest absolute Gasteiger partial charge is 0.116 e. The molecule has 98 valence electrons. The van der Waals surface area contributed by atoms with Crippen molar-refractivity contribution < 1.29 is 4.52 Å². The van der Waals surface area contributed by atoms with Gasteiger partial charge in [-0.3, -0.25) is 4.90 Å². The van der Waals surface area contributed by atoms with Gasteiger partial charge in [0.15, 0.2) is 0 Å². The lowest BCUT2D eigenvalue weighted by Crippen LogP contribution is -2.38. The third-order valence-corrected chi connectivity index (χ3v) is 7.46. The van der Waals surface area contributed by atoms with Crippen LogP contribution in [0.15, 0.2) is 0 Å². The Morgan fingerprint density at radius 2 is 1.75 bits per heavy atom. The first kappa shape index (κ1) is 16.9. The Morgan fingerprint density at radius 3 is 2.12 bits per heavy atom. The van der Waals surface area contributed by atoms with Gasteiger partial charge in [0.25, 0.3) is 0 Å². The summed E-state index contributed by atoms with van der Waals surface area (Å²) in [4.78, 5) is 2.49. The molecule has 0 rings (SSSR count). The van der Waals surface area contributed by atoms with Gasteiger partial charge in [-0.1, -0.05) is 23.2 Å². The molecule has 0 radical (unpaired) electrons. The molecule has 0 spiro atoms. The zero-order valence-electron chi connectivity index (χ0n) is 11.4. The van der Waals surface area contributed by atoms with Gasteiger partial charge < -0.3 is 4.52 Å². The molecule has 0 N–H and O–H groups in total. The van der Waals surface area contributed by atoms with Crippen molar-refractivity contribution in [2.75, 3.05) is 25.6 Å². The Bertz CT molecular complexity index is 226. The number of hydrogen-bond donors (Lipinski definition) is 0. The Balaban J connectivity index is 4.00. The van der Waals surface area contributed by atoms with E-state index in [4.69, 9.17) is 16.3 Å². The lowest BCUT2D eigenvalue weighted by atomic mass is 10.2. The van der Waals surface area contributed by atoms with Crippen molar-refractivity contribution in [1.29, 1.82) is 0 Å². The van der Waals surface area contributed by atoms with Gasteiger partial charge in [-0.15, -0.1) is 0 Å². The molecule has 0 aromatic carbocycles. The monoisotopic (exact) mass is 283 g/mol. The molecule has 5 heteroatoms. The average molecular weight is 283 g/mol. The number of rotatable bonds is 8. The molecule has 0 aliphatic heterocycles. The summed E-state index contributed by atoms with van der Waals surface area (Å²) in [7, 11) is 0. The fourth-order valence-corrected chi connectivity index (χ4v) is 5.63. The van der Waals surface area contributed by atoms with Crippen LogP contribution < -0.4 is 0 Å². The van der Waals surface area contributed by atoms with Crippen molar-refractivity contribution in [2.24, 2.45) is 0 Å². The molecule has 0 fully saturated rings. The topological polar surface area (TPSA) is 12.5 Å². The van der Waals surface area contributed by atoms with Crippen LogP contribution in [0.4, 0.5) is 0 Å². The molecule has 2 nitrogen and oxygen atoms in total. The van der Waals surface area contributed by atoms with Gasteiger partial charge in [-0.25, -0.2) is 0 Å². The van der Waals surface area contributed by atoms with Gasteiger partial charge in [-0.05, 0) is 41.3 Å². The summed E-state index contributed by atoms with van der Waals surface area (Å²) < 4.78 is 5.60. The highest BCUT2D eigenvalue weighted by atomic mass is 32.9. The first-order valence-corrected chi connectivity index (χ1v) is 10.7. The largest absolute Gasteiger partial charge is 0.342 e. The van der Waals surface area contributed by atoms with Crippen molar-refractivity contribution in [3.8, 4) is 0 Å². The number of hydrogen-bond acceptors (Lipinski definition) is 4. The second-order valence-electron chi connectivity index (χ2n) is 4.45. The molecule has 0 aliphatic rings. The maximum atomic E-state index is 5.60. The van der Waals surface area contributed by atoms with E-state index in [9.17, 15) is 0 Å². The van der Waals surface area contributed by atoms with Gasteiger partial charge in [0.05, 0.1) is 0 Å². The molecular formula is C11H26NOPS2. The summed E-state index contributed by atoms with van der Waals surface area (Å²) in [6.07, 6.45) is 0. The van der Waals surface area contributed by atoms with Crippen LogP contribution in [0.25, 0.3) is 0 Å². The van der Waals surface area contributed by atoms with Crippen molar-refractivity contribution in [1.82, 2.24) is 4.90 Å². The van der Waals surface area contributed by atoms with Crippen molar-refractivity contribution >= 4 is 28.7 Å². The fraction of sp³-hybridized carbons (Fsp3) is 1.00. The molecule has 0 aliphatic carbocycles. The van der Waals surface area contributed by atoms with Crippen LogP contribution in [-0.4, -0.2) is 42.6 Å². The van der Waals surface area contributed by atoms with Gasteiger partial charge in [0.1, 0.15) is 5.47 Å². The normalized spacial score (nSPS) is 16.1. The highest BCUT2D eigenvalue weighted by molar-refractivity contribution is 8.69. The molecule has 1 unspecified atom stereocenters. The summed E-state index contributed by atoms with van der Waals surface area (Å²) in [6, 6.07) is 1.20. The lowest BCUT2D eigenvalue weighted by Gasteiger charge is -2.30. The molecule has 0 saturated carbocycles. The Labute approximate surface area is 110 Å². The Hall–Kier alpha value is 0.920. The van der Waals surface area contributed by atoms with E-state index in [0.717, 1.165) is 18.9 Å². The van der Waals surface area contributed by atoms with Gasteiger partial charge in [0.2, 0.25) is 0 Å². The molecule has 0 saturated heterocycles. The first-order valence-electron chi connectivity index (χ1n) is 5.92. The second-order valence-corrected chi connectivity index (χ2v) is 12.6. The van der Waals surface area contributed by atoms with Crippen LogP contribution in [0.3, 0.4) is 0 Å². The standard InChI is InChI=1S/C11H26NOPS2/c1-7-13-14(6,15)16-9-8-12(10(2)3)11(4)5/h10-11H,7-9H2,1-6H3. The molecule has 0 bridgehead atoms. The summed E-state index contributed by atoms with van der Waals surface area (Å²) in [5.74, 6) is 1.07. The van der Waals surface area contributed by atoms with E-state index >= 15 is 0 Å². The van der Waals surface area contributed by atoms with E-state index in [1.807, 2.05) is 18.3 Å². The highest BCUT2D eigenvalue weighted by Crippen LogP contribution is 2.56. The predicted molar refractivity (Wildman–Crippen MR) is 81.3 cm³/mol. The van der Waals surface area contributed by atoms with E-state index in [1.54, 1.807) is 0 Å². The van der Waals surface area contributed by atoms with E-state index < -0.39 is 5.47 Å². The Kier molecular flexibility index (Phi) is 8.56. The minimum absolute atomic E-state index is 0.599. The third-order valence-electron chi connectivity index (χ3n) is 2.37. The molecule has 0 aromatic rings. The molecule has 0 aromatic heterocycles. The van der Waals surface area contributed by atoms with E-state index in [2.05, 4.69) is 39.3 Å². The summed E-state index contributed by atoms with van der Waals surface area (Å²) >= 11 is 7.29. The number of nitrogens with zero attached hydrogens (tertiary/aromatic N) is 1. The van der Waals surface area contributed by atoms with Crippen LogP contribution >= 0.6 is 16.8 Å². The molecular weight excluding hydrogens is 257 g/mol. The van der Waals surface area contributed by atoms with Crippen LogP contribution in [-0.2, 0) is 16.3 Å². The summed E-state index contributed by atoms with van der Waals surface area (Å²) in [5.41, 5.74) is -1.59. The molecule has 1 atom stereocenters.